The topological polar surface area (TPSA) is 65.9 Å². The minimum atomic E-state index is -0.384. The average Bonchev–Trinajstić information content (AvgIpc) is 2.85. The number of hydrogen-bond acceptors (Lipinski definition) is 4. The molecule has 1 N–H and O–H groups in total. The van der Waals surface area contributed by atoms with Crippen molar-refractivity contribution in [2.45, 2.75) is 20.0 Å². The number of rotatable bonds is 4. The van der Waals surface area contributed by atoms with Crippen molar-refractivity contribution in [2.75, 3.05) is 26.8 Å². The van der Waals surface area contributed by atoms with E-state index in [1.165, 1.54) is 27.2 Å². The maximum atomic E-state index is 11.6. The van der Waals surface area contributed by atoms with E-state index in [1.54, 1.807) is 14.0 Å². The Bertz CT molecular complexity index is 774. The van der Waals surface area contributed by atoms with Gasteiger partial charge in [-0.15, -0.1) is 0 Å². The number of hydrogen-bond donors (Lipinski definition) is 1. The van der Waals surface area contributed by atoms with Crippen molar-refractivity contribution in [2.24, 2.45) is 0 Å². The number of ether oxygens (including phenoxy) is 2. The number of likely N-dealkylation sites (N-methyl/N-ethyl adjacent to an activating group) is 1. The van der Waals surface area contributed by atoms with Crippen molar-refractivity contribution in [3.63, 3.8) is 0 Å². The van der Waals surface area contributed by atoms with Crippen molar-refractivity contribution in [3.05, 3.63) is 59.7 Å². The summed E-state index contributed by atoms with van der Waals surface area (Å²) < 4.78 is 10.6. The number of benzene rings is 2. The molecule has 0 atom stereocenters. The fourth-order valence-corrected chi connectivity index (χ4v) is 3.15. The van der Waals surface area contributed by atoms with E-state index in [9.17, 15) is 4.79 Å². The Labute approximate surface area is 159 Å². The molecule has 0 unspecified atom stereocenters. The zero-order valence-corrected chi connectivity index (χ0v) is 15.8. The molecule has 0 saturated carbocycles. The van der Waals surface area contributed by atoms with Crippen LogP contribution < -0.4 is 0 Å². The maximum absolute atomic E-state index is 11.6. The molecule has 3 rings (SSSR count). The third-order valence-corrected chi connectivity index (χ3v) is 4.58. The standard InChI is InChI=1S/C21H25N3O3/c1-3-26-21(25)23(2)12-13-27-20(22)24-14-16-8-4-6-10-18(16)19-11-7-5-9-17(19)15-24/h4-11,22H,3,12-15H2,1-2H3. The van der Waals surface area contributed by atoms with E-state index in [1.807, 2.05) is 29.2 Å². The van der Waals surface area contributed by atoms with Gasteiger partial charge in [0.15, 0.2) is 0 Å². The summed E-state index contributed by atoms with van der Waals surface area (Å²) in [5.41, 5.74) is 4.73. The summed E-state index contributed by atoms with van der Waals surface area (Å²) in [7, 11) is 1.66. The predicted octanol–water partition coefficient (Wildman–Crippen LogP) is 3.71. The van der Waals surface area contributed by atoms with Gasteiger partial charge in [0.2, 0.25) is 0 Å². The third kappa shape index (κ3) is 4.39. The van der Waals surface area contributed by atoms with Crippen LogP contribution in [0.4, 0.5) is 4.79 Å². The Hall–Kier alpha value is -3.02. The minimum absolute atomic E-state index is 0.110. The van der Waals surface area contributed by atoms with Gasteiger partial charge in [0, 0.05) is 20.1 Å². The lowest BCUT2D eigenvalue weighted by molar-refractivity contribution is 0.106. The van der Waals surface area contributed by atoms with E-state index < -0.39 is 0 Å². The van der Waals surface area contributed by atoms with Crippen molar-refractivity contribution in [1.29, 1.82) is 5.41 Å². The fraction of sp³-hybridized carbons (Fsp3) is 0.333. The highest BCUT2D eigenvalue weighted by Gasteiger charge is 2.21. The minimum Gasteiger partial charge on any atom is -0.463 e. The quantitative estimate of drug-likeness (QED) is 0.661. The van der Waals surface area contributed by atoms with Crippen molar-refractivity contribution in [1.82, 2.24) is 9.80 Å². The number of amides is 1. The van der Waals surface area contributed by atoms with Gasteiger partial charge < -0.3 is 19.3 Å². The lowest BCUT2D eigenvalue weighted by Gasteiger charge is -2.24. The molecule has 0 aliphatic carbocycles. The molecule has 0 fully saturated rings. The monoisotopic (exact) mass is 367 g/mol. The van der Waals surface area contributed by atoms with Crippen LogP contribution in [-0.2, 0) is 22.6 Å². The van der Waals surface area contributed by atoms with Gasteiger partial charge in [-0.1, -0.05) is 48.5 Å². The molecular weight excluding hydrogens is 342 g/mol. The van der Waals surface area contributed by atoms with E-state index in [-0.39, 0.29) is 18.7 Å². The summed E-state index contributed by atoms with van der Waals surface area (Å²) in [6.07, 6.45) is -0.384. The molecular formula is C21H25N3O3. The second-order valence-electron chi connectivity index (χ2n) is 6.44. The summed E-state index contributed by atoms with van der Waals surface area (Å²) in [5, 5.41) is 8.36. The predicted molar refractivity (Wildman–Crippen MR) is 104 cm³/mol. The molecule has 1 aliphatic rings. The smallest absolute Gasteiger partial charge is 0.409 e. The van der Waals surface area contributed by atoms with Crippen LogP contribution in [0, 0.1) is 5.41 Å². The summed E-state index contributed by atoms with van der Waals surface area (Å²) in [6, 6.07) is 16.6. The molecule has 1 amide bonds. The number of nitrogens with one attached hydrogen (secondary N) is 1. The highest BCUT2D eigenvalue weighted by molar-refractivity contribution is 5.76. The van der Waals surface area contributed by atoms with E-state index in [2.05, 4.69) is 24.3 Å². The highest BCUT2D eigenvalue weighted by Crippen LogP contribution is 2.32. The first-order valence-electron chi connectivity index (χ1n) is 9.10. The molecule has 1 aliphatic heterocycles. The van der Waals surface area contributed by atoms with E-state index in [4.69, 9.17) is 14.9 Å². The number of carbonyl (C=O) groups is 1. The molecule has 0 saturated heterocycles. The fourth-order valence-electron chi connectivity index (χ4n) is 3.15. The normalized spacial score (nSPS) is 12.4. The molecule has 27 heavy (non-hydrogen) atoms. The van der Waals surface area contributed by atoms with Gasteiger partial charge in [0.05, 0.1) is 13.2 Å². The highest BCUT2D eigenvalue weighted by atomic mass is 16.6. The van der Waals surface area contributed by atoms with Gasteiger partial charge in [0.25, 0.3) is 6.02 Å². The van der Waals surface area contributed by atoms with Gasteiger partial charge in [-0.05, 0) is 29.2 Å². The lowest BCUT2D eigenvalue weighted by atomic mass is 9.97. The third-order valence-electron chi connectivity index (χ3n) is 4.58. The SMILES string of the molecule is CCOC(=O)N(C)CCOC(=N)N1Cc2ccccc2-c2ccccc2C1. The molecule has 2 aromatic rings. The van der Waals surface area contributed by atoms with Gasteiger partial charge in [-0.3, -0.25) is 5.41 Å². The summed E-state index contributed by atoms with van der Waals surface area (Å²) in [6.45, 7) is 3.93. The van der Waals surface area contributed by atoms with Crippen molar-refractivity contribution < 1.29 is 14.3 Å². The first kappa shape index (κ1) is 18.8. The molecule has 6 heteroatoms. The second-order valence-corrected chi connectivity index (χ2v) is 6.44. The van der Waals surface area contributed by atoms with Crippen LogP contribution >= 0.6 is 0 Å². The van der Waals surface area contributed by atoms with Crippen LogP contribution in [0.5, 0.6) is 0 Å². The summed E-state index contributed by atoms with van der Waals surface area (Å²) in [4.78, 5) is 15.0. The Morgan fingerprint density at radius 1 is 1.04 bits per heavy atom. The Morgan fingerprint density at radius 2 is 1.59 bits per heavy atom. The van der Waals surface area contributed by atoms with Crippen LogP contribution in [0.25, 0.3) is 11.1 Å². The summed E-state index contributed by atoms with van der Waals surface area (Å²) >= 11 is 0. The van der Waals surface area contributed by atoms with Crippen LogP contribution in [0.2, 0.25) is 0 Å². The molecule has 0 radical (unpaired) electrons. The van der Waals surface area contributed by atoms with Crippen molar-refractivity contribution >= 4 is 12.1 Å². The first-order chi connectivity index (χ1) is 13.1. The maximum Gasteiger partial charge on any atom is 0.409 e. The van der Waals surface area contributed by atoms with E-state index in [0.29, 0.717) is 26.2 Å². The molecule has 1 heterocycles. The van der Waals surface area contributed by atoms with Gasteiger partial charge >= 0.3 is 6.09 Å². The van der Waals surface area contributed by atoms with Gasteiger partial charge in [-0.2, -0.15) is 0 Å². The second kappa shape index (κ2) is 8.58. The molecule has 2 aromatic carbocycles. The molecule has 142 valence electrons. The average molecular weight is 367 g/mol. The van der Waals surface area contributed by atoms with Gasteiger partial charge in [0.1, 0.15) is 6.61 Å². The Morgan fingerprint density at radius 3 is 2.15 bits per heavy atom. The number of amidine groups is 1. The zero-order chi connectivity index (χ0) is 19.2. The molecule has 0 spiro atoms. The first-order valence-corrected chi connectivity index (χ1v) is 9.10. The number of nitrogens with zero attached hydrogens (tertiary/aromatic N) is 2. The van der Waals surface area contributed by atoms with Crippen LogP contribution in [0.1, 0.15) is 18.1 Å². The van der Waals surface area contributed by atoms with Crippen molar-refractivity contribution in [3.8, 4) is 11.1 Å². The largest absolute Gasteiger partial charge is 0.463 e. The van der Waals surface area contributed by atoms with Gasteiger partial charge in [-0.25, -0.2) is 4.79 Å². The van der Waals surface area contributed by atoms with Crippen LogP contribution in [-0.4, -0.2) is 48.7 Å². The van der Waals surface area contributed by atoms with Crippen LogP contribution in [0.15, 0.2) is 48.5 Å². The number of carbonyl (C=O) groups excluding carboxylic acids is 1. The zero-order valence-electron chi connectivity index (χ0n) is 15.8. The molecule has 0 bridgehead atoms. The summed E-state index contributed by atoms with van der Waals surface area (Å²) in [5.74, 6) is 0. The van der Waals surface area contributed by atoms with Crippen LogP contribution in [0.3, 0.4) is 0 Å². The molecule has 0 aromatic heterocycles. The Kier molecular flexibility index (Phi) is 5.96. The van der Waals surface area contributed by atoms with E-state index in [0.717, 1.165) is 0 Å². The number of fused-ring (bicyclic) bond motifs is 3. The van der Waals surface area contributed by atoms with E-state index >= 15 is 0 Å². The lowest BCUT2D eigenvalue weighted by Crippen LogP contribution is -2.35. The molecule has 6 nitrogen and oxygen atoms in total. The Balaban J connectivity index is 1.67.